The van der Waals surface area contributed by atoms with Crippen molar-refractivity contribution in [2.45, 2.75) is 25.6 Å². The molecule has 0 aliphatic carbocycles. The van der Waals surface area contributed by atoms with E-state index in [0.717, 1.165) is 17.7 Å². The first-order valence-electron chi connectivity index (χ1n) is 9.33. The first kappa shape index (κ1) is 18.2. The number of hydrogen-bond acceptors (Lipinski definition) is 4. The quantitative estimate of drug-likeness (QED) is 0.706. The van der Waals surface area contributed by atoms with Gasteiger partial charge in [0.05, 0.1) is 18.8 Å². The third-order valence-electron chi connectivity index (χ3n) is 4.75. The van der Waals surface area contributed by atoms with Crippen LogP contribution >= 0.6 is 0 Å². The molecule has 2 aromatic heterocycles. The molecule has 144 valence electrons. The Morgan fingerprint density at radius 2 is 2.00 bits per heavy atom. The summed E-state index contributed by atoms with van der Waals surface area (Å²) in [7, 11) is 0. The summed E-state index contributed by atoms with van der Waals surface area (Å²) in [4.78, 5) is 23.9. The van der Waals surface area contributed by atoms with Crippen molar-refractivity contribution in [3.05, 3.63) is 88.1 Å². The van der Waals surface area contributed by atoms with Gasteiger partial charge in [0.2, 0.25) is 5.91 Å². The van der Waals surface area contributed by atoms with Gasteiger partial charge in [0, 0.05) is 25.0 Å². The van der Waals surface area contributed by atoms with Crippen molar-refractivity contribution in [2.24, 2.45) is 0 Å². The summed E-state index contributed by atoms with van der Waals surface area (Å²) in [5, 5.41) is 7.54. The Hall–Kier alpha value is -3.19. The Kier molecular flexibility index (Phi) is 5.34. The van der Waals surface area contributed by atoms with Crippen molar-refractivity contribution in [3.8, 4) is 0 Å². The maximum atomic E-state index is 12.2. The molecule has 0 saturated carbocycles. The second-order valence-electron chi connectivity index (χ2n) is 6.80. The molecule has 3 aromatic rings. The number of hydrogen-bond donors (Lipinski definition) is 1. The van der Waals surface area contributed by atoms with E-state index in [9.17, 15) is 9.59 Å². The number of carbonyl (C=O) groups is 1. The van der Waals surface area contributed by atoms with Crippen LogP contribution in [-0.4, -0.2) is 33.4 Å². The zero-order valence-corrected chi connectivity index (χ0v) is 15.5. The van der Waals surface area contributed by atoms with Crippen LogP contribution in [0.4, 0.5) is 0 Å². The molecular weight excluding hydrogens is 356 g/mol. The summed E-state index contributed by atoms with van der Waals surface area (Å²) < 4.78 is 9.13. The highest BCUT2D eigenvalue weighted by atomic mass is 16.5. The molecule has 4 rings (SSSR count). The fourth-order valence-electron chi connectivity index (χ4n) is 3.35. The Morgan fingerprint density at radius 1 is 1.18 bits per heavy atom. The van der Waals surface area contributed by atoms with Crippen molar-refractivity contribution >= 4 is 5.91 Å². The third kappa shape index (κ3) is 4.20. The number of fused-ring (bicyclic) bond motifs is 1. The molecule has 1 aliphatic heterocycles. The topological polar surface area (TPSA) is 78.1 Å². The van der Waals surface area contributed by atoms with E-state index in [1.807, 2.05) is 22.9 Å². The molecule has 0 radical (unpaired) electrons. The highest BCUT2D eigenvalue weighted by molar-refractivity contribution is 5.75. The molecule has 1 aromatic carbocycles. The monoisotopic (exact) mass is 378 g/mol. The lowest BCUT2D eigenvalue weighted by Crippen LogP contribution is -2.35. The van der Waals surface area contributed by atoms with Gasteiger partial charge in [-0.1, -0.05) is 36.4 Å². The summed E-state index contributed by atoms with van der Waals surface area (Å²) >= 11 is 0. The van der Waals surface area contributed by atoms with Crippen molar-refractivity contribution in [1.29, 1.82) is 0 Å². The van der Waals surface area contributed by atoms with Crippen molar-refractivity contribution in [1.82, 2.24) is 19.7 Å². The second-order valence-corrected chi connectivity index (χ2v) is 6.80. The smallest absolute Gasteiger partial charge is 0.250 e. The van der Waals surface area contributed by atoms with Crippen LogP contribution in [0.3, 0.4) is 0 Å². The molecule has 7 heteroatoms. The number of nitrogens with one attached hydrogen (secondary N) is 1. The van der Waals surface area contributed by atoms with Crippen molar-refractivity contribution in [3.63, 3.8) is 0 Å². The highest BCUT2D eigenvalue weighted by Gasteiger charge is 2.25. The van der Waals surface area contributed by atoms with Crippen LogP contribution in [0.15, 0.2) is 65.7 Å². The third-order valence-corrected chi connectivity index (χ3v) is 4.75. The van der Waals surface area contributed by atoms with Crippen LogP contribution in [0, 0.1) is 0 Å². The molecule has 0 spiro atoms. The molecular formula is C21H22N4O3. The van der Waals surface area contributed by atoms with Gasteiger partial charge in [-0.25, -0.2) is 0 Å². The maximum absolute atomic E-state index is 12.2. The normalized spacial score (nSPS) is 15.8. The van der Waals surface area contributed by atoms with Crippen molar-refractivity contribution < 1.29 is 9.53 Å². The predicted octanol–water partition coefficient (Wildman–Crippen LogP) is 1.52. The Balaban J connectivity index is 1.39. The lowest BCUT2D eigenvalue weighted by Gasteiger charge is -2.22. The van der Waals surface area contributed by atoms with E-state index in [0.29, 0.717) is 19.7 Å². The lowest BCUT2D eigenvalue weighted by molar-refractivity contribution is -0.122. The summed E-state index contributed by atoms with van der Waals surface area (Å²) in [6.07, 6.45) is 4.19. The number of amides is 1. The average molecular weight is 378 g/mol. The summed E-state index contributed by atoms with van der Waals surface area (Å²) in [6, 6.07) is 15.0. The van der Waals surface area contributed by atoms with Crippen LogP contribution in [-0.2, 0) is 29.0 Å². The van der Waals surface area contributed by atoms with E-state index in [1.165, 1.54) is 16.2 Å². The fraction of sp³-hybridized carbons (Fsp3) is 0.286. The molecule has 0 bridgehead atoms. The average Bonchev–Trinajstić information content (AvgIpc) is 3.12. The van der Waals surface area contributed by atoms with Gasteiger partial charge in [-0.15, -0.1) is 0 Å². The van der Waals surface area contributed by atoms with Gasteiger partial charge in [-0.05, 0) is 23.6 Å². The zero-order valence-electron chi connectivity index (χ0n) is 15.5. The van der Waals surface area contributed by atoms with Crippen LogP contribution < -0.4 is 10.9 Å². The van der Waals surface area contributed by atoms with Gasteiger partial charge < -0.3 is 14.6 Å². The van der Waals surface area contributed by atoms with E-state index in [2.05, 4.69) is 28.7 Å². The Morgan fingerprint density at radius 3 is 2.82 bits per heavy atom. The molecule has 1 atom stereocenters. The molecule has 28 heavy (non-hydrogen) atoms. The zero-order chi connectivity index (χ0) is 19.3. The molecule has 0 fully saturated rings. The number of benzene rings is 1. The molecule has 0 saturated heterocycles. The van der Waals surface area contributed by atoms with E-state index >= 15 is 0 Å². The van der Waals surface area contributed by atoms with E-state index < -0.39 is 0 Å². The summed E-state index contributed by atoms with van der Waals surface area (Å²) in [6.45, 7) is 1.62. The number of aromatic nitrogens is 3. The van der Waals surface area contributed by atoms with Gasteiger partial charge in [-0.3, -0.25) is 14.3 Å². The van der Waals surface area contributed by atoms with Gasteiger partial charge in [0.25, 0.3) is 5.56 Å². The van der Waals surface area contributed by atoms with E-state index in [-0.39, 0.29) is 24.1 Å². The summed E-state index contributed by atoms with van der Waals surface area (Å²) in [5.41, 5.74) is 3.01. The fourth-order valence-corrected chi connectivity index (χ4v) is 3.35. The van der Waals surface area contributed by atoms with Gasteiger partial charge >= 0.3 is 0 Å². The van der Waals surface area contributed by atoms with Gasteiger partial charge in [0.1, 0.15) is 12.6 Å². The van der Waals surface area contributed by atoms with Crippen molar-refractivity contribution in [2.75, 3.05) is 13.2 Å². The van der Waals surface area contributed by atoms with Crippen LogP contribution in [0.1, 0.15) is 22.9 Å². The minimum Gasteiger partial charge on any atom is -0.370 e. The van der Waals surface area contributed by atoms with Crippen LogP contribution in [0.2, 0.25) is 0 Å². The first-order valence-corrected chi connectivity index (χ1v) is 9.33. The first-order chi connectivity index (χ1) is 13.7. The Bertz CT molecular complexity index is 1010. The number of ether oxygens (including phenoxy) is 1. The molecule has 1 aliphatic rings. The lowest BCUT2D eigenvalue weighted by atomic mass is 10.1. The largest absolute Gasteiger partial charge is 0.370 e. The van der Waals surface area contributed by atoms with Gasteiger partial charge in [-0.2, -0.15) is 5.10 Å². The maximum Gasteiger partial charge on any atom is 0.250 e. The second kappa shape index (κ2) is 8.22. The number of carbonyl (C=O) groups excluding carboxylic acids is 1. The Labute approximate surface area is 162 Å². The number of rotatable bonds is 6. The standard InChI is InChI=1S/C21H22N4O3/c26-19(15-24-10-5-4-8-20(24)27)22-12-18-21-17(9-11-28-18)14-25(23-21)13-16-6-2-1-3-7-16/h1-8,10,14,18H,9,11-13,15H2,(H,22,26)/t18-/m1/s1. The minimum atomic E-state index is -0.280. The predicted molar refractivity (Wildman–Crippen MR) is 104 cm³/mol. The highest BCUT2D eigenvalue weighted by Crippen LogP contribution is 2.25. The SMILES string of the molecule is O=C(Cn1ccccc1=O)NC[C@H]1OCCc2cn(Cc3ccccc3)nc21. The number of nitrogens with zero attached hydrogens (tertiary/aromatic N) is 3. The number of pyridine rings is 1. The molecule has 1 N–H and O–H groups in total. The molecule has 0 unspecified atom stereocenters. The van der Waals surface area contributed by atoms with Crippen LogP contribution in [0.5, 0.6) is 0 Å². The molecule has 3 heterocycles. The molecule has 7 nitrogen and oxygen atoms in total. The van der Waals surface area contributed by atoms with E-state index in [4.69, 9.17) is 4.74 Å². The van der Waals surface area contributed by atoms with Gasteiger partial charge in [0.15, 0.2) is 0 Å². The van der Waals surface area contributed by atoms with Crippen LogP contribution in [0.25, 0.3) is 0 Å². The molecule has 1 amide bonds. The minimum absolute atomic E-state index is 0.0122. The van der Waals surface area contributed by atoms with E-state index in [1.54, 1.807) is 18.3 Å². The summed E-state index contributed by atoms with van der Waals surface area (Å²) in [5.74, 6) is -0.229.